The van der Waals surface area contributed by atoms with Gasteiger partial charge in [-0.3, -0.25) is 4.79 Å². The molecule has 2 rings (SSSR count). The molecule has 2 aromatic rings. The second kappa shape index (κ2) is 8.04. The first-order chi connectivity index (χ1) is 11.4. The minimum absolute atomic E-state index is 0.256. The fourth-order valence-corrected chi connectivity index (χ4v) is 2.57. The number of carbonyl (C=O) groups is 1. The Morgan fingerprint density at radius 2 is 1.92 bits per heavy atom. The Bertz CT molecular complexity index is 732. The number of nitrogens with two attached hydrogens (primary N) is 1. The van der Waals surface area contributed by atoms with Gasteiger partial charge in [0.25, 0.3) is 5.91 Å². The molecule has 0 heterocycles. The zero-order chi connectivity index (χ0) is 17.7. The van der Waals surface area contributed by atoms with E-state index in [0.29, 0.717) is 28.6 Å². The van der Waals surface area contributed by atoms with Crippen molar-refractivity contribution in [1.82, 2.24) is 10.2 Å². The van der Waals surface area contributed by atoms with Crippen molar-refractivity contribution in [3.63, 3.8) is 0 Å². The summed E-state index contributed by atoms with van der Waals surface area (Å²) in [5.74, 6) is 0.143. The Morgan fingerprint density at radius 3 is 2.54 bits per heavy atom. The SMILES string of the molecule is COc1cc(N)c(Cl)cc1C(=O)NCc1ccccc1CN(C)C. The van der Waals surface area contributed by atoms with E-state index in [4.69, 9.17) is 22.1 Å². The maximum atomic E-state index is 12.5. The van der Waals surface area contributed by atoms with E-state index in [0.717, 1.165) is 12.1 Å². The van der Waals surface area contributed by atoms with Crippen LogP contribution in [0.25, 0.3) is 0 Å². The molecule has 0 saturated heterocycles. The van der Waals surface area contributed by atoms with Crippen LogP contribution in [0.2, 0.25) is 5.02 Å². The van der Waals surface area contributed by atoms with Gasteiger partial charge in [-0.15, -0.1) is 0 Å². The van der Waals surface area contributed by atoms with Crippen LogP contribution in [0.4, 0.5) is 5.69 Å². The van der Waals surface area contributed by atoms with Gasteiger partial charge >= 0.3 is 0 Å². The number of ether oxygens (including phenoxy) is 1. The number of hydrogen-bond acceptors (Lipinski definition) is 4. The number of anilines is 1. The first kappa shape index (κ1) is 18.1. The van der Waals surface area contributed by atoms with Crippen molar-refractivity contribution in [2.24, 2.45) is 0 Å². The van der Waals surface area contributed by atoms with Crippen molar-refractivity contribution in [3.8, 4) is 5.75 Å². The monoisotopic (exact) mass is 347 g/mol. The summed E-state index contributed by atoms with van der Waals surface area (Å²) in [4.78, 5) is 14.6. The zero-order valence-corrected chi connectivity index (χ0v) is 14.9. The molecule has 0 aliphatic carbocycles. The van der Waals surface area contributed by atoms with Crippen molar-refractivity contribution in [2.45, 2.75) is 13.1 Å². The molecule has 0 bridgehead atoms. The Kier molecular flexibility index (Phi) is 6.06. The summed E-state index contributed by atoms with van der Waals surface area (Å²) in [6.45, 7) is 1.23. The van der Waals surface area contributed by atoms with E-state index in [1.165, 1.54) is 18.7 Å². The van der Waals surface area contributed by atoms with Gasteiger partial charge in [0, 0.05) is 19.2 Å². The van der Waals surface area contributed by atoms with E-state index >= 15 is 0 Å². The minimum Gasteiger partial charge on any atom is -0.496 e. The molecule has 1 amide bonds. The van der Waals surface area contributed by atoms with Crippen molar-refractivity contribution < 1.29 is 9.53 Å². The molecule has 24 heavy (non-hydrogen) atoms. The number of benzene rings is 2. The van der Waals surface area contributed by atoms with E-state index in [9.17, 15) is 4.79 Å². The summed E-state index contributed by atoms with van der Waals surface area (Å²) in [6, 6.07) is 11.1. The molecule has 0 saturated carbocycles. The molecular formula is C18H22ClN3O2. The summed E-state index contributed by atoms with van der Waals surface area (Å²) in [5, 5.41) is 3.24. The molecule has 2 aromatic carbocycles. The lowest BCUT2D eigenvalue weighted by Crippen LogP contribution is -2.24. The number of rotatable bonds is 6. The first-order valence-electron chi connectivity index (χ1n) is 7.55. The molecule has 5 nitrogen and oxygen atoms in total. The van der Waals surface area contributed by atoms with Crippen LogP contribution in [0, 0.1) is 0 Å². The van der Waals surface area contributed by atoms with E-state index in [2.05, 4.69) is 16.3 Å². The van der Waals surface area contributed by atoms with Gasteiger partial charge in [0.15, 0.2) is 0 Å². The van der Waals surface area contributed by atoms with Crippen LogP contribution in [0.3, 0.4) is 0 Å². The number of nitrogen functional groups attached to an aromatic ring is 1. The van der Waals surface area contributed by atoms with Gasteiger partial charge in [0.2, 0.25) is 0 Å². The standard InChI is InChI=1S/C18H22ClN3O2/c1-22(2)11-13-7-5-4-6-12(13)10-21-18(23)14-8-15(19)16(20)9-17(14)24-3/h4-9H,10-11,20H2,1-3H3,(H,21,23). The van der Waals surface area contributed by atoms with Crippen LogP contribution in [0.1, 0.15) is 21.5 Å². The summed E-state index contributed by atoms with van der Waals surface area (Å²) in [7, 11) is 5.51. The Balaban J connectivity index is 2.16. The number of halogens is 1. The summed E-state index contributed by atoms with van der Waals surface area (Å²) < 4.78 is 5.22. The van der Waals surface area contributed by atoms with Crippen LogP contribution in [0.5, 0.6) is 5.75 Å². The van der Waals surface area contributed by atoms with Crippen molar-refractivity contribution in [1.29, 1.82) is 0 Å². The largest absolute Gasteiger partial charge is 0.496 e. The van der Waals surface area contributed by atoms with Crippen LogP contribution in [-0.4, -0.2) is 32.0 Å². The molecular weight excluding hydrogens is 326 g/mol. The van der Waals surface area contributed by atoms with Gasteiger partial charge in [-0.25, -0.2) is 0 Å². The number of nitrogens with zero attached hydrogens (tertiary/aromatic N) is 1. The maximum Gasteiger partial charge on any atom is 0.255 e. The van der Waals surface area contributed by atoms with Crippen molar-refractivity contribution >= 4 is 23.2 Å². The predicted molar refractivity (Wildman–Crippen MR) is 97.4 cm³/mol. The molecule has 0 fully saturated rings. The summed E-state index contributed by atoms with van der Waals surface area (Å²) >= 11 is 6.02. The van der Waals surface area contributed by atoms with Gasteiger partial charge in [0.05, 0.1) is 23.4 Å². The zero-order valence-electron chi connectivity index (χ0n) is 14.1. The lowest BCUT2D eigenvalue weighted by Gasteiger charge is -2.15. The highest BCUT2D eigenvalue weighted by molar-refractivity contribution is 6.33. The quantitative estimate of drug-likeness (QED) is 0.788. The fourth-order valence-electron chi connectivity index (χ4n) is 2.41. The first-order valence-corrected chi connectivity index (χ1v) is 7.93. The molecule has 0 atom stereocenters. The van der Waals surface area contributed by atoms with E-state index < -0.39 is 0 Å². The van der Waals surface area contributed by atoms with Gasteiger partial charge in [-0.2, -0.15) is 0 Å². The highest BCUT2D eigenvalue weighted by Gasteiger charge is 2.15. The molecule has 0 aliphatic heterocycles. The van der Waals surface area contributed by atoms with E-state index in [1.54, 1.807) is 6.07 Å². The van der Waals surface area contributed by atoms with E-state index in [-0.39, 0.29) is 5.91 Å². The number of methoxy groups -OCH3 is 1. The van der Waals surface area contributed by atoms with Gasteiger partial charge in [0.1, 0.15) is 5.75 Å². The average molecular weight is 348 g/mol. The Labute approximate surface area is 147 Å². The number of hydrogen-bond donors (Lipinski definition) is 2. The molecule has 0 unspecified atom stereocenters. The number of amides is 1. The molecule has 128 valence electrons. The highest BCUT2D eigenvalue weighted by atomic mass is 35.5. The van der Waals surface area contributed by atoms with Crippen LogP contribution in [0.15, 0.2) is 36.4 Å². The second-order valence-corrected chi connectivity index (χ2v) is 6.17. The number of nitrogens with one attached hydrogen (secondary N) is 1. The van der Waals surface area contributed by atoms with Gasteiger partial charge < -0.3 is 20.7 Å². The Hall–Kier alpha value is -2.24. The molecule has 0 aromatic heterocycles. The third-order valence-corrected chi connectivity index (χ3v) is 3.94. The molecule has 0 spiro atoms. The maximum absolute atomic E-state index is 12.5. The predicted octanol–water partition coefficient (Wildman–Crippen LogP) is 2.92. The molecule has 6 heteroatoms. The topological polar surface area (TPSA) is 67.6 Å². The van der Waals surface area contributed by atoms with Gasteiger partial charge in [-0.1, -0.05) is 35.9 Å². The summed E-state index contributed by atoms with van der Waals surface area (Å²) in [6.07, 6.45) is 0. The number of carbonyl (C=O) groups excluding carboxylic acids is 1. The minimum atomic E-state index is -0.256. The Morgan fingerprint density at radius 1 is 1.25 bits per heavy atom. The smallest absolute Gasteiger partial charge is 0.255 e. The van der Waals surface area contributed by atoms with Gasteiger partial charge in [-0.05, 0) is 31.3 Å². The van der Waals surface area contributed by atoms with Crippen LogP contribution >= 0.6 is 11.6 Å². The fraction of sp³-hybridized carbons (Fsp3) is 0.278. The molecule has 0 aliphatic rings. The van der Waals surface area contributed by atoms with Crippen molar-refractivity contribution in [3.05, 3.63) is 58.1 Å². The average Bonchev–Trinajstić information content (AvgIpc) is 2.55. The second-order valence-electron chi connectivity index (χ2n) is 5.76. The highest BCUT2D eigenvalue weighted by Crippen LogP contribution is 2.28. The lowest BCUT2D eigenvalue weighted by molar-refractivity contribution is 0.0948. The van der Waals surface area contributed by atoms with Crippen molar-refractivity contribution in [2.75, 3.05) is 26.9 Å². The molecule has 3 N–H and O–H groups in total. The lowest BCUT2D eigenvalue weighted by atomic mass is 10.1. The third kappa shape index (κ3) is 4.40. The van der Waals surface area contributed by atoms with Crippen LogP contribution < -0.4 is 15.8 Å². The van der Waals surface area contributed by atoms with Crippen LogP contribution in [-0.2, 0) is 13.1 Å². The molecule has 0 radical (unpaired) electrons. The normalized spacial score (nSPS) is 10.7. The summed E-state index contributed by atoms with van der Waals surface area (Å²) in [5.41, 5.74) is 8.73. The third-order valence-electron chi connectivity index (χ3n) is 3.61. The van der Waals surface area contributed by atoms with E-state index in [1.807, 2.05) is 32.3 Å².